The van der Waals surface area contributed by atoms with Crippen molar-refractivity contribution in [3.8, 4) is 0 Å². The van der Waals surface area contributed by atoms with E-state index in [4.69, 9.17) is 18.5 Å². The number of hydrogen-bond donors (Lipinski definition) is 0. The van der Waals surface area contributed by atoms with Crippen LogP contribution in [0.1, 0.15) is 463 Å². The van der Waals surface area contributed by atoms with Crippen LogP contribution < -0.4 is 4.89 Å². The Morgan fingerprint density at radius 3 is 0.787 bits per heavy atom. The normalized spacial score (nSPS) is 13.0. The smallest absolute Gasteiger partial charge is 0.306 e. The number of rotatable bonds is 81. The molecule has 0 heterocycles. The van der Waals surface area contributed by atoms with E-state index in [0.717, 1.165) is 32.1 Å². The quantitative estimate of drug-likeness (QED) is 0.0195. The average Bonchev–Trinajstić information content (AvgIpc) is 1.57. The number of allylic oxidation sites excluding steroid dienone is 2. The third kappa shape index (κ3) is 79.7. The van der Waals surface area contributed by atoms with Gasteiger partial charge in [0.25, 0.3) is 7.82 Å². The van der Waals surface area contributed by atoms with Gasteiger partial charge in [-0.2, -0.15) is 0 Å². The highest BCUT2D eigenvalue weighted by Crippen LogP contribution is 2.38. The van der Waals surface area contributed by atoms with Crippen LogP contribution in [0.25, 0.3) is 0 Å². The summed E-state index contributed by atoms with van der Waals surface area (Å²) in [5, 5.41) is 0. The minimum Gasteiger partial charge on any atom is -0.756 e. The predicted molar refractivity (Wildman–Crippen MR) is 407 cm³/mol. The van der Waals surface area contributed by atoms with Crippen LogP contribution in [0, 0.1) is 0 Å². The zero-order chi connectivity index (χ0) is 68.3. The van der Waals surface area contributed by atoms with Gasteiger partial charge in [-0.05, 0) is 38.5 Å². The van der Waals surface area contributed by atoms with Gasteiger partial charge < -0.3 is 27.9 Å². The molecule has 0 aliphatic carbocycles. The number of nitrogens with zero attached hydrogens (tertiary/aromatic N) is 1. The van der Waals surface area contributed by atoms with Crippen LogP contribution in [0.15, 0.2) is 12.2 Å². The van der Waals surface area contributed by atoms with Gasteiger partial charge in [-0.3, -0.25) is 14.2 Å². The largest absolute Gasteiger partial charge is 0.756 e. The predicted octanol–water partition coefficient (Wildman–Crippen LogP) is 27.6. The first kappa shape index (κ1) is 92.8. The van der Waals surface area contributed by atoms with Crippen molar-refractivity contribution < 1.29 is 42.1 Å². The van der Waals surface area contributed by atoms with E-state index >= 15 is 0 Å². The molecule has 9 nitrogen and oxygen atoms in total. The Balaban J connectivity index is 3.84. The van der Waals surface area contributed by atoms with Crippen LogP contribution in [0.4, 0.5) is 0 Å². The van der Waals surface area contributed by atoms with Crippen molar-refractivity contribution >= 4 is 19.8 Å². The summed E-state index contributed by atoms with van der Waals surface area (Å²) in [5.41, 5.74) is 0. The highest BCUT2D eigenvalue weighted by Gasteiger charge is 2.22. The van der Waals surface area contributed by atoms with Crippen molar-refractivity contribution in [2.24, 2.45) is 0 Å². The Hall–Kier alpha value is -1.25. The molecule has 0 rings (SSSR count). The molecule has 0 N–H and O–H groups in total. The van der Waals surface area contributed by atoms with Crippen LogP contribution >= 0.6 is 7.82 Å². The summed E-state index contributed by atoms with van der Waals surface area (Å²) in [4.78, 5) is 38.2. The Labute approximate surface area is 587 Å². The van der Waals surface area contributed by atoms with Gasteiger partial charge in [0.1, 0.15) is 19.8 Å². The number of carbonyl (C=O) groups excluding carboxylic acids is 2. The lowest BCUT2D eigenvalue weighted by Crippen LogP contribution is -2.37. The van der Waals surface area contributed by atoms with Gasteiger partial charge in [-0.15, -0.1) is 0 Å². The molecular weight excluding hydrogens is 1180 g/mol. The van der Waals surface area contributed by atoms with Crippen molar-refractivity contribution in [1.29, 1.82) is 0 Å². The van der Waals surface area contributed by atoms with Gasteiger partial charge in [-0.1, -0.05) is 424 Å². The molecule has 0 aliphatic heterocycles. The van der Waals surface area contributed by atoms with Crippen LogP contribution in [0.2, 0.25) is 0 Å². The van der Waals surface area contributed by atoms with Gasteiger partial charge in [-0.25, -0.2) is 0 Å². The third-order valence-electron chi connectivity index (χ3n) is 19.8. The topological polar surface area (TPSA) is 111 Å². The van der Waals surface area contributed by atoms with E-state index in [0.29, 0.717) is 17.4 Å². The summed E-state index contributed by atoms with van der Waals surface area (Å²) in [6.07, 6.45) is 96.6. The number of quaternary nitrogens is 1. The van der Waals surface area contributed by atoms with Gasteiger partial charge >= 0.3 is 11.9 Å². The van der Waals surface area contributed by atoms with Gasteiger partial charge in [0, 0.05) is 12.8 Å². The van der Waals surface area contributed by atoms with Crippen molar-refractivity contribution in [2.45, 2.75) is 469 Å². The van der Waals surface area contributed by atoms with Crippen molar-refractivity contribution in [3.05, 3.63) is 12.2 Å². The van der Waals surface area contributed by atoms with E-state index in [-0.39, 0.29) is 32.0 Å². The maximum Gasteiger partial charge on any atom is 0.306 e. The van der Waals surface area contributed by atoms with E-state index in [1.54, 1.807) is 0 Å². The fourth-order valence-corrected chi connectivity index (χ4v) is 14.0. The minimum absolute atomic E-state index is 0.0252. The zero-order valence-electron chi connectivity index (χ0n) is 64.2. The van der Waals surface area contributed by atoms with Gasteiger partial charge in [0.2, 0.25) is 0 Å². The lowest BCUT2D eigenvalue weighted by atomic mass is 10.0. The average molecular weight is 1350 g/mol. The van der Waals surface area contributed by atoms with Crippen molar-refractivity contribution in [1.82, 2.24) is 0 Å². The molecule has 0 saturated carbocycles. The van der Waals surface area contributed by atoms with E-state index in [1.165, 1.54) is 398 Å². The Bertz CT molecular complexity index is 1590. The molecule has 0 bridgehead atoms. The molecule has 0 saturated heterocycles. The lowest BCUT2D eigenvalue weighted by molar-refractivity contribution is -0.870. The first-order valence-corrected chi connectivity index (χ1v) is 43.9. The van der Waals surface area contributed by atoms with Crippen LogP contribution in [-0.2, 0) is 32.7 Å². The summed E-state index contributed by atoms with van der Waals surface area (Å²) in [5.74, 6) is -0.801. The first-order chi connectivity index (χ1) is 46.0. The summed E-state index contributed by atoms with van der Waals surface area (Å²) >= 11 is 0. The molecule has 10 heteroatoms. The number of hydrogen-bond acceptors (Lipinski definition) is 8. The van der Waals surface area contributed by atoms with E-state index in [2.05, 4.69) is 26.0 Å². The minimum atomic E-state index is -4.64. The van der Waals surface area contributed by atoms with Crippen molar-refractivity contribution in [3.63, 3.8) is 0 Å². The summed E-state index contributed by atoms with van der Waals surface area (Å²) in [6.45, 7) is 4.34. The number of esters is 2. The molecule has 94 heavy (non-hydrogen) atoms. The molecule has 0 fully saturated rings. The van der Waals surface area contributed by atoms with E-state index < -0.39 is 26.5 Å². The SMILES string of the molecule is CCCCCCCCCC/C=C\CCCCCCCCCCCCCCCCCCCCCCCCCCCCCCCC(=O)OC(COC(=O)CCCCCCCCCCCCCCCCCCCCCCCCCCCCCCC)COP(=O)([O-])OCC[N+](C)(C)C. The maximum atomic E-state index is 12.9. The summed E-state index contributed by atoms with van der Waals surface area (Å²) in [7, 11) is 1.20. The number of likely N-dealkylation sites (N-methyl/N-ethyl adjacent to an activating group) is 1. The first-order valence-electron chi connectivity index (χ1n) is 42.4. The number of phosphoric acid groups is 1. The monoisotopic (exact) mass is 1350 g/mol. The molecule has 560 valence electrons. The lowest BCUT2D eigenvalue weighted by Gasteiger charge is -2.28. The Morgan fingerprint density at radius 2 is 0.543 bits per heavy atom. The molecule has 2 atom stereocenters. The molecule has 0 aromatic carbocycles. The molecular formula is C84H166NO8P. The maximum absolute atomic E-state index is 12.9. The number of ether oxygens (including phenoxy) is 2. The summed E-state index contributed by atoms with van der Waals surface area (Å²) in [6, 6.07) is 0. The fourth-order valence-electron chi connectivity index (χ4n) is 13.3. The second-order valence-electron chi connectivity index (χ2n) is 30.6. The van der Waals surface area contributed by atoms with Crippen LogP contribution in [-0.4, -0.2) is 70.0 Å². The highest BCUT2D eigenvalue weighted by atomic mass is 31.2. The van der Waals surface area contributed by atoms with Crippen LogP contribution in [0.3, 0.4) is 0 Å². The zero-order valence-corrected chi connectivity index (χ0v) is 65.1. The molecule has 0 amide bonds. The third-order valence-corrected chi connectivity index (χ3v) is 20.7. The molecule has 0 aliphatic rings. The van der Waals surface area contributed by atoms with Crippen LogP contribution in [0.5, 0.6) is 0 Å². The Kier molecular flexibility index (Phi) is 74.9. The standard InChI is InChI=1S/C84H166NO8P/c1-6-8-10-12-14-16-18-20-22-24-26-28-30-32-34-36-37-38-39-40-41-42-43-44-45-46-47-49-51-53-55-57-59-61-63-65-67-69-71-73-75-77-84(87)93-82(81-92-94(88,89)91-79-78-85(3,4)5)80-90-83(86)76-74-72-70-68-66-64-62-60-58-56-54-52-50-48-35-33-31-29-27-25-23-21-19-17-15-13-11-9-7-2/h24,26,82H,6-23,25,27-81H2,1-5H3/b26-24-. The highest BCUT2D eigenvalue weighted by molar-refractivity contribution is 7.45. The molecule has 0 aromatic heterocycles. The molecule has 2 unspecified atom stereocenters. The summed E-state index contributed by atoms with van der Waals surface area (Å²) < 4.78 is 34.5. The second kappa shape index (κ2) is 75.9. The van der Waals surface area contributed by atoms with Crippen molar-refractivity contribution in [2.75, 3.05) is 47.5 Å². The van der Waals surface area contributed by atoms with E-state index in [9.17, 15) is 19.0 Å². The van der Waals surface area contributed by atoms with E-state index in [1.807, 2.05) is 21.1 Å². The number of carbonyl (C=O) groups is 2. The Morgan fingerprint density at radius 1 is 0.319 bits per heavy atom. The molecule has 0 spiro atoms. The fraction of sp³-hybridized carbons (Fsp3) is 0.952. The molecule has 0 radical (unpaired) electrons. The van der Waals surface area contributed by atoms with Gasteiger partial charge in [0.05, 0.1) is 27.7 Å². The van der Waals surface area contributed by atoms with Gasteiger partial charge in [0.15, 0.2) is 6.10 Å². The number of phosphoric ester groups is 1. The molecule has 0 aromatic rings. The number of unbranched alkanes of at least 4 members (excludes halogenated alkanes) is 65. The second-order valence-corrected chi connectivity index (χ2v) is 32.0.